The van der Waals surface area contributed by atoms with Crippen LogP contribution in [-0.2, 0) is 16.0 Å². The number of aryl methyl sites for hydroxylation is 1. The van der Waals surface area contributed by atoms with E-state index < -0.39 is 12.1 Å². The molecule has 0 saturated carbocycles. The predicted molar refractivity (Wildman–Crippen MR) is 131 cm³/mol. The summed E-state index contributed by atoms with van der Waals surface area (Å²) < 4.78 is 17.8. The number of halogens is 2. The van der Waals surface area contributed by atoms with Crippen LogP contribution in [0, 0.1) is 0 Å². The average Bonchev–Trinajstić information content (AvgIpc) is 2.80. The van der Waals surface area contributed by atoms with Crippen LogP contribution in [-0.4, -0.2) is 42.2 Å². The smallest absolute Gasteiger partial charge is 0.346 e. The van der Waals surface area contributed by atoms with E-state index in [1.807, 2.05) is 13.0 Å². The molecule has 0 amide bonds. The Balaban J connectivity index is 2.03. The van der Waals surface area contributed by atoms with Gasteiger partial charge >= 0.3 is 5.97 Å². The molecule has 2 aromatic carbocycles. The number of carbonyl (C=O) groups excluding carboxylic acids is 1. The summed E-state index contributed by atoms with van der Waals surface area (Å²) >= 11 is 9.78. The van der Waals surface area contributed by atoms with Crippen LogP contribution >= 0.6 is 27.5 Å². The maximum Gasteiger partial charge on any atom is 0.346 e. The van der Waals surface area contributed by atoms with Crippen molar-refractivity contribution in [1.82, 2.24) is 9.66 Å². The molecule has 3 aromatic rings. The number of fused-ring (bicyclic) bond motifs is 1. The Kier molecular flexibility index (Phi) is 8.10. The van der Waals surface area contributed by atoms with Crippen LogP contribution in [0.15, 0.2) is 44.7 Å². The molecule has 3 rings (SSSR count). The van der Waals surface area contributed by atoms with Crippen LogP contribution in [0.2, 0.25) is 5.02 Å². The summed E-state index contributed by atoms with van der Waals surface area (Å²) in [6.07, 6.45) is 2.00. The van der Waals surface area contributed by atoms with E-state index in [1.165, 1.54) is 25.1 Å². The van der Waals surface area contributed by atoms with Crippen LogP contribution in [0.25, 0.3) is 10.9 Å². The fourth-order valence-corrected chi connectivity index (χ4v) is 3.77. The number of methoxy groups -OCH3 is 2. The van der Waals surface area contributed by atoms with E-state index >= 15 is 0 Å². The highest BCUT2D eigenvalue weighted by Gasteiger charge is 2.20. The predicted octanol–water partition coefficient (Wildman–Crippen LogP) is 4.60. The second-order valence-electron chi connectivity index (χ2n) is 7.12. The van der Waals surface area contributed by atoms with Crippen LogP contribution in [0.3, 0.4) is 0 Å². The maximum absolute atomic E-state index is 13.1. The number of rotatable bonds is 8. The van der Waals surface area contributed by atoms with Crippen molar-refractivity contribution in [3.05, 3.63) is 61.6 Å². The lowest BCUT2D eigenvalue weighted by molar-refractivity contribution is -0.147. The van der Waals surface area contributed by atoms with E-state index in [4.69, 9.17) is 21.1 Å². The lowest BCUT2D eigenvalue weighted by Crippen LogP contribution is -2.25. The summed E-state index contributed by atoms with van der Waals surface area (Å²) in [6, 6.07) is 8.61. The van der Waals surface area contributed by atoms with Gasteiger partial charge in [-0.15, -0.1) is 0 Å². The third-order valence-electron chi connectivity index (χ3n) is 4.75. The van der Waals surface area contributed by atoms with Crippen LogP contribution < -0.4 is 15.0 Å². The largest absolute Gasteiger partial charge is 0.493 e. The topological polar surface area (TPSA) is 92.0 Å². The first-order valence-electron chi connectivity index (χ1n) is 10.2. The number of aromatic nitrogens is 2. The number of esters is 1. The zero-order valence-corrected chi connectivity index (χ0v) is 20.9. The molecule has 1 heterocycles. The second kappa shape index (κ2) is 10.8. The van der Waals surface area contributed by atoms with Gasteiger partial charge in [0.1, 0.15) is 5.82 Å². The highest BCUT2D eigenvalue weighted by molar-refractivity contribution is 9.10. The Morgan fingerprint density at radius 2 is 2.06 bits per heavy atom. The minimum Gasteiger partial charge on any atom is -0.493 e. The molecule has 33 heavy (non-hydrogen) atoms. The quantitative estimate of drug-likeness (QED) is 0.309. The van der Waals surface area contributed by atoms with E-state index in [0.717, 1.165) is 10.9 Å². The standard InChI is InChI=1S/C23H23BrClN3O5/c1-5-6-20-27-18-8-7-15(24)11-16(18)22(29)28(20)26-12-14-9-17(25)21(19(10-14)31-3)33-13(2)23(30)32-4/h7-13H,5-6H2,1-4H3/t13-/m1/s1. The summed E-state index contributed by atoms with van der Waals surface area (Å²) in [5.41, 5.74) is 0.911. The van der Waals surface area contributed by atoms with Gasteiger partial charge in [0.25, 0.3) is 5.56 Å². The Morgan fingerprint density at radius 3 is 2.73 bits per heavy atom. The Labute approximate surface area is 204 Å². The fraction of sp³-hybridized carbons (Fsp3) is 0.304. The first kappa shape index (κ1) is 24.7. The van der Waals surface area contributed by atoms with Crippen molar-refractivity contribution in [2.45, 2.75) is 32.8 Å². The lowest BCUT2D eigenvalue weighted by atomic mass is 10.2. The Hall–Kier alpha value is -2.91. The number of benzene rings is 2. The molecule has 0 spiro atoms. The second-order valence-corrected chi connectivity index (χ2v) is 8.44. The molecule has 10 heteroatoms. The third kappa shape index (κ3) is 5.54. The van der Waals surface area contributed by atoms with E-state index in [0.29, 0.717) is 34.5 Å². The molecule has 0 radical (unpaired) electrons. The third-order valence-corrected chi connectivity index (χ3v) is 5.52. The SMILES string of the molecule is CCCc1nc2ccc(Br)cc2c(=O)n1N=Cc1cc(Cl)c(O[C@H](C)C(=O)OC)c(OC)c1. The average molecular weight is 537 g/mol. The molecule has 0 bridgehead atoms. The molecule has 0 aliphatic carbocycles. The zero-order chi connectivity index (χ0) is 24.1. The summed E-state index contributed by atoms with van der Waals surface area (Å²) in [7, 11) is 2.73. The molecule has 0 N–H and O–H groups in total. The maximum atomic E-state index is 13.1. The molecule has 0 aliphatic heterocycles. The molecule has 1 atom stereocenters. The normalized spacial score (nSPS) is 12.2. The molecule has 1 aromatic heterocycles. The van der Waals surface area contributed by atoms with Gasteiger partial charge in [-0.2, -0.15) is 9.78 Å². The van der Waals surface area contributed by atoms with Gasteiger partial charge in [-0.1, -0.05) is 34.5 Å². The van der Waals surface area contributed by atoms with Gasteiger partial charge < -0.3 is 14.2 Å². The minimum absolute atomic E-state index is 0.204. The van der Waals surface area contributed by atoms with Gasteiger partial charge in [0.2, 0.25) is 0 Å². The molecule has 174 valence electrons. The van der Waals surface area contributed by atoms with E-state index in [9.17, 15) is 9.59 Å². The van der Waals surface area contributed by atoms with Crippen molar-refractivity contribution >= 4 is 50.6 Å². The van der Waals surface area contributed by atoms with E-state index in [1.54, 1.807) is 31.2 Å². The number of carbonyl (C=O) groups is 1. The van der Waals surface area contributed by atoms with Gasteiger partial charge in [-0.3, -0.25) is 4.79 Å². The molecular formula is C23H23BrClN3O5. The monoisotopic (exact) mass is 535 g/mol. The van der Waals surface area contributed by atoms with Crippen molar-refractivity contribution in [3.63, 3.8) is 0 Å². The molecular weight excluding hydrogens is 514 g/mol. The lowest BCUT2D eigenvalue weighted by Gasteiger charge is -2.17. The Bertz CT molecular complexity index is 1280. The van der Waals surface area contributed by atoms with Crippen molar-refractivity contribution in [3.8, 4) is 11.5 Å². The first-order valence-corrected chi connectivity index (χ1v) is 11.3. The van der Waals surface area contributed by atoms with Gasteiger partial charge in [-0.05, 0) is 49.2 Å². The molecule has 0 fully saturated rings. The zero-order valence-electron chi connectivity index (χ0n) is 18.6. The van der Waals surface area contributed by atoms with Crippen LogP contribution in [0.1, 0.15) is 31.7 Å². The highest BCUT2D eigenvalue weighted by atomic mass is 79.9. The van der Waals surface area contributed by atoms with E-state index in [2.05, 4.69) is 30.8 Å². The summed E-state index contributed by atoms with van der Waals surface area (Å²) in [4.78, 5) is 29.4. The van der Waals surface area contributed by atoms with Crippen molar-refractivity contribution < 1.29 is 19.0 Å². The summed E-state index contributed by atoms with van der Waals surface area (Å²) in [5, 5.41) is 5.07. The van der Waals surface area contributed by atoms with Gasteiger partial charge in [0.05, 0.1) is 36.4 Å². The van der Waals surface area contributed by atoms with Crippen molar-refractivity contribution in [2.75, 3.05) is 14.2 Å². The first-order chi connectivity index (χ1) is 15.8. The summed E-state index contributed by atoms with van der Waals surface area (Å²) in [5.74, 6) is 0.521. The van der Waals surface area contributed by atoms with Crippen molar-refractivity contribution in [1.29, 1.82) is 0 Å². The number of hydrogen-bond acceptors (Lipinski definition) is 7. The molecule has 0 aliphatic rings. The fourth-order valence-electron chi connectivity index (χ4n) is 3.14. The summed E-state index contributed by atoms with van der Waals surface area (Å²) in [6.45, 7) is 3.55. The number of nitrogens with zero attached hydrogens (tertiary/aromatic N) is 3. The van der Waals surface area contributed by atoms with Gasteiger partial charge in [-0.25, -0.2) is 9.78 Å². The minimum atomic E-state index is -0.876. The van der Waals surface area contributed by atoms with Gasteiger partial charge in [0, 0.05) is 10.9 Å². The van der Waals surface area contributed by atoms with Crippen molar-refractivity contribution in [2.24, 2.45) is 5.10 Å². The molecule has 8 nitrogen and oxygen atoms in total. The molecule has 0 unspecified atom stereocenters. The van der Waals surface area contributed by atoms with Crippen LogP contribution in [0.5, 0.6) is 11.5 Å². The van der Waals surface area contributed by atoms with E-state index in [-0.39, 0.29) is 16.3 Å². The van der Waals surface area contributed by atoms with Crippen LogP contribution in [0.4, 0.5) is 0 Å². The Morgan fingerprint density at radius 1 is 1.30 bits per heavy atom. The van der Waals surface area contributed by atoms with Gasteiger partial charge in [0.15, 0.2) is 17.6 Å². The highest BCUT2D eigenvalue weighted by Crippen LogP contribution is 2.37. The number of hydrogen-bond donors (Lipinski definition) is 0. The number of ether oxygens (including phenoxy) is 3. The molecule has 0 saturated heterocycles.